The molecule has 0 unspecified atom stereocenters. The molecule has 2 aliphatic rings. The molecule has 1 amide bonds. The van der Waals surface area contributed by atoms with Gasteiger partial charge in [0, 0.05) is 71.3 Å². The number of hydrogen-bond acceptors (Lipinski definition) is 7. The summed E-state index contributed by atoms with van der Waals surface area (Å²) in [6.45, 7) is 1.98. The molecule has 6 N–H and O–H groups in total. The van der Waals surface area contributed by atoms with E-state index in [4.69, 9.17) is 10.7 Å². The molecular formula is C30H28N8O. The van der Waals surface area contributed by atoms with Crippen molar-refractivity contribution in [2.24, 2.45) is 5.73 Å². The van der Waals surface area contributed by atoms with E-state index in [0.29, 0.717) is 18.5 Å². The smallest absolute Gasteiger partial charge is 0.224 e. The van der Waals surface area contributed by atoms with Gasteiger partial charge in [-0.1, -0.05) is 19.1 Å². The van der Waals surface area contributed by atoms with Crippen LogP contribution in [0, 0.1) is 0 Å². The number of allylic oxidation sites excluding steroid dienone is 3. The Kier molecular flexibility index (Phi) is 6.38. The molecule has 0 bridgehead atoms. The van der Waals surface area contributed by atoms with Crippen LogP contribution in [0.25, 0.3) is 22.3 Å². The molecular weight excluding hydrogens is 488 g/mol. The predicted octanol–water partition coefficient (Wildman–Crippen LogP) is 4.76. The van der Waals surface area contributed by atoms with Crippen LogP contribution in [0.3, 0.4) is 0 Å². The highest BCUT2D eigenvalue weighted by atomic mass is 16.1. The summed E-state index contributed by atoms with van der Waals surface area (Å²) in [5.74, 6) is 0.719. The number of pyridine rings is 2. The first kappa shape index (κ1) is 24.2. The first-order valence-corrected chi connectivity index (χ1v) is 12.9. The summed E-state index contributed by atoms with van der Waals surface area (Å²) < 4.78 is 0. The number of carbonyl (C=O) groups excluding carboxylic acids is 1. The van der Waals surface area contributed by atoms with Crippen LogP contribution in [0.4, 0.5) is 11.4 Å². The number of imidazole rings is 1. The van der Waals surface area contributed by atoms with Gasteiger partial charge in [-0.2, -0.15) is 0 Å². The summed E-state index contributed by atoms with van der Waals surface area (Å²) in [5.41, 5.74) is 22.6. The van der Waals surface area contributed by atoms with Gasteiger partial charge in [-0.25, -0.2) is 4.98 Å². The predicted molar refractivity (Wildman–Crippen MR) is 153 cm³/mol. The average Bonchev–Trinajstić information content (AvgIpc) is 3.29. The highest BCUT2D eigenvalue weighted by Gasteiger charge is 2.23. The van der Waals surface area contributed by atoms with E-state index in [1.54, 1.807) is 24.8 Å². The van der Waals surface area contributed by atoms with E-state index in [0.717, 1.165) is 68.4 Å². The highest BCUT2D eigenvalue weighted by Crippen LogP contribution is 2.36. The summed E-state index contributed by atoms with van der Waals surface area (Å²) >= 11 is 0. The molecule has 1 aliphatic carbocycles. The lowest BCUT2D eigenvalue weighted by atomic mass is 9.97. The van der Waals surface area contributed by atoms with Gasteiger partial charge in [-0.3, -0.25) is 14.8 Å². The molecule has 3 aromatic heterocycles. The van der Waals surface area contributed by atoms with Crippen LogP contribution in [0.5, 0.6) is 0 Å². The number of nitrogens with two attached hydrogens (primary N) is 1. The highest BCUT2D eigenvalue weighted by molar-refractivity contribution is 5.92. The van der Waals surface area contributed by atoms with Crippen molar-refractivity contribution >= 4 is 28.4 Å². The van der Waals surface area contributed by atoms with Crippen LogP contribution >= 0.6 is 0 Å². The number of amides is 1. The summed E-state index contributed by atoms with van der Waals surface area (Å²) in [5, 5.41) is 2.93. The molecule has 6 rings (SSSR count). The van der Waals surface area contributed by atoms with Crippen LogP contribution < -0.4 is 21.9 Å². The topological polar surface area (TPSA) is 134 Å². The molecule has 0 radical (unpaired) electrons. The lowest BCUT2D eigenvalue weighted by molar-refractivity contribution is -0.116. The van der Waals surface area contributed by atoms with Crippen LogP contribution in [0.15, 0.2) is 85.2 Å². The van der Waals surface area contributed by atoms with Crippen molar-refractivity contribution in [1.82, 2.24) is 25.4 Å². The van der Waals surface area contributed by atoms with Gasteiger partial charge in [0.25, 0.3) is 0 Å². The maximum absolute atomic E-state index is 12.1. The van der Waals surface area contributed by atoms with Crippen molar-refractivity contribution in [3.05, 3.63) is 114 Å². The van der Waals surface area contributed by atoms with E-state index in [9.17, 15) is 4.79 Å². The van der Waals surface area contributed by atoms with E-state index in [2.05, 4.69) is 37.2 Å². The fourth-order valence-electron chi connectivity index (χ4n) is 4.82. The first-order chi connectivity index (χ1) is 19.1. The Morgan fingerprint density at radius 1 is 1.00 bits per heavy atom. The molecule has 9 heteroatoms. The van der Waals surface area contributed by atoms with E-state index in [1.807, 2.05) is 55.6 Å². The number of benzene rings is 1. The van der Waals surface area contributed by atoms with Crippen molar-refractivity contribution in [2.75, 3.05) is 10.7 Å². The van der Waals surface area contributed by atoms with Crippen molar-refractivity contribution in [3.8, 4) is 11.1 Å². The van der Waals surface area contributed by atoms with Crippen LogP contribution in [-0.2, 0) is 11.2 Å². The summed E-state index contributed by atoms with van der Waals surface area (Å²) in [4.78, 5) is 29.2. The zero-order valence-corrected chi connectivity index (χ0v) is 21.5. The number of carbonyl (C=O) groups is 1. The van der Waals surface area contributed by atoms with Crippen LogP contribution in [0.1, 0.15) is 48.1 Å². The van der Waals surface area contributed by atoms with Gasteiger partial charge < -0.3 is 26.9 Å². The molecule has 0 saturated carbocycles. The summed E-state index contributed by atoms with van der Waals surface area (Å²) in [6, 6.07) is 12.0. The lowest BCUT2D eigenvalue weighted by Gasteiger charge is -2.20. The second-order valence-corrected chi connectivity index (χ2v) is 9.50. The minimum absolute atomic E-state index is 0.0179. The first-order valence-electron chi connectivity index (χ1n) is 12.9. The number of anilines is 2. The number of hydrazine groups is 1. The third-order valence-corrected chi connectivity index (χ3v) is 6.69. The number of aromatic nitrogens is 4. The van der Waals surface area contributed by atoms with Crippen LogP contribution in [-0.4, -0.2) is 25.8 Å². The number of hydrogen-bond donors (Lipinski definition) is 5. The minimum atomic E-state index is -0.0179. The maximum atomic E-state index is 12.1. The van der Waals surface area contributed by atoms with Crippen molar-refractivity contribution in [2.45, 2.75) is 26.2 Å². The lowest BCUT2D eigenvalue weighted by Crippen LogP contribution is -2.21. The summed E-state index contributed by atoms with van der Waals surface area (Å²) in [6.07, 6.45) is 14.7. The Morgan fingerprint density at radius 2 is 1.87 bits per heavy atom. The van der Waals surface area contributed by atoms with E-state index in [1.165, 1.54) is 0 Å². The standard InChI is InChI=1S/C30H28N8O/c1-2-3-28(39)35-22-12-20(15-33-16-22)19-4-7-26-24(13-19)25(17-34-38-26)30-36-27-14-21(31)5-6-23(29(27)37-30)18-8-10-32-11-9-18/h4-13,15-17,34,38H,2-3,14,31H2,1H3,(H,35,39)(H,36,37). The second-order valence-electron chi connectivity index (χ2n) is 9.50. The van der Waals surface area contributed by atoms with Gasteiger partial charge >= 0.3 is 0 Å². The van der Waals surface area contributed by atoms with E-state index in [-0.39, 0.29) is 5.91 Å². The van der Waals surface area contributed by atoms with E-state index < -0.39 is 0 Å². The number of aromatic amines is 1. The quantitative estimate of drug-likeness (QED) is 0.250. The third-order valence-electron chi connectivity index (χ3n) is 6.69. The molecule has 39 heavy (non-hydrogen) atoms. The number of nitrogens with zero attached hydrogens (tertiary/aromatic N) is 3. The average molecular weight is 517 g/mol. The molecule has 1 aliphatic heterocycles. The molecule has 0 atom stereocenters. The molecule has 0 saturated heterocycles. The fourth-order valence-corrected chi connectivity index (χ4v) is 4.82. The number of H-pyrrole nitrogens is 1. The Bertz CT molecular complexity index is 1650. The van der Waals surface area contributed by atoms with Crippen molar-refractivity contribution in [1.29, 1.82) is 0 Å². The Hall–Kier alpha value is -5.18. The van der Waals surface area contributed by atoms with E-state index >= 15 is 0 Å². The van der Waals surface area contributed by atoms with Gasteiger partial charge in [-0.05, 0) is 54.0 Å². The Labute approximate surface area is 226 Å². The van der Waals surface area contributed by atoms with Gasteiger partial charge in [0.1, 0.15) is 5.82 Å². The van der Waals surface area contributed by atoms with Crippen LogP contribution in [0.2, 0.25) is 0 Å². The zero-order chi connectivity index (χ0) is 26.8. The van der Waals surface area contributed by atoms with Gasteiger partial charge in [0.05, 0.1) is 23.3 Å². The normalized spacial score (nSPS) is 13.9. The van der Waals surface area contributed by atoms with Gasteiger partial charge in [-0.15, -0.1) is 0 Å². The van der Waals surface area contributed by atoms with Crippen molar-refractivity contribution < 1.29 is 4.79 Å². The number of rotatable bonds is 6. The SMILES string of the molecule is CCCC(=O)Nc1cncc(-c2ccc3c(c2)C(c2nc4c([nH]2)CC(N)=CC=C4c2ccncc2)=CNN3)c1. The van der Waals surface area contributed by atoms with Gasteiger partial charge in [0.15, 0.2) is 0 Å². The molecule has 194 valence electrons. The van der Waals surface area contributed by atoms with Crippen molar-refractivity contribution in [3.63, 3.8) is 0 Å². The largest absolute Gasteiger partial charge is 0.402 e. The fraction of sp³-hybridized carbons (Fsp3) is 0.133. The minimum Gasteiger partial charge on any atom is -0.402 e. The third kappa shape index (κ3) is 4.89. The molecule has 0 fully saturated rings. The summed E-state index contributed by atoms with van der Waals surface area (Å²) in [7, 11) is 0. The Balaban J connectivity index is 1.37. The second kappa shape index (κ2) is 10.3. The molecule has 1 aromatic carbocycles. The maximum Gasteiger partial charge on any atom is 0.224 e. The number of nitrogens with one attached hydrogen (secondary N) is 4. The zero-order valence-electron chi connectivity index (χ0n) is 21.5. The molecule has 4 heterocycles. The van der Waals surface area contributed by atoms with Gasteiger partial charge in [0.2, 0.25) is 5.91 Å². The monoisotopic (exact) mass is 516 g/mol. The molecule has 9 nitrogen and oxygen atoms in total. The molecule has 4 aromatic rings. The Morgan fingerprint density at radius 3 is 2.72 bits per heavy atom. The number of fused-ring (bicyclic) bond motifs is 2. The molecule has 0 spiro atoms.